The van der Waals surface area contributed by atoms with Crippen molar-refractivity contribution in [1.82, 2.24) is 0 Å². The molecule has 0 saturated carbocycles. The van der Waals surface area contributed by atoms with Crippen molar-refractivity contribution < 1.29 is 28.5 Å². The second-order valence-corrected chi connectivity index (χ2v) is 8.05. The third kappa shape index (κ3) is 6.65. The summed E-state index contributed by atoms with van der Waals surface area (Å²) in [6, 6.07) is 15.4. The van der Waals surface area contributed by atoms with Gasteiger partial charge in [-0.15, -0.1) is 0 Å². The van der Waals surface area contributed by atoms with Gasteiger partial charge in [0.05, 0.1) is 0 Å². The predicted molar refractivity (Wildman–Crippen MR) is 92.9 cm³/mol. The Bertz CT molecular complexity index is 635. The Balaban J connectivity index is 1.87. The Morgan fingerprint density at radius 2 is 1.08 bits per heavy atom. The molecular weight excluding hydrogens is 440 g/mol. The third-order valence-corrected chi connectivity index (χ3v) is 5.95. The molecule has 0 spiro atoms. The molecular formula is C18H18O6Te+. The summed E-state index contributed by atoms with van der Waals surface area (Å²) in [5.41, 5.74) is 0. The molecule has 25 heavy (non-hydrogen) atoms. The van der Waals surface area contributed by atoms with E-state index in [4.69, 9.17) is 9.47 Å². The number of ether oxygens (including phenoxy) is 4. The maximum atomic E-state index is 11.0. The number of rotatable bonds is 8. The molecule has 7 heteroatoms. The molecule has 0 aromatic heterocycles. The zero-order valence-electron chi connectivity index (χ0n) is 13.9. The number of hydrogen-bond acceptors (Lipinski definition) is 6. The molecule has 0 amide bonds. The van der Waals surface area contributed by atoms with Crippen molar-refractivity contribution in [3.63, 3.8) is 0 Å². The van der Waals surface area contributed by atoms with E-state index in [9.17, 15) is 9.59 Å². The van der Waals surface area contributed by atoms with E-state index >= 15 is 0 Å². The van der Waals surface area contributed by atoms with Crippen LogP contribution in [0.1, 0.15) is 0 Å². The van der Waals surface area contributed by atoms with E-state index in [1.165, 1.54) is 21.4 Å². The third-order valence-electron chi connectivity index (χ3n) is 3.05. The van der Waals surface area contributed by atoms with Gasteiger partial charge in [-0.1, -0.05) is 0 Å². The van der Waals surface area contributed by atoms with Gasteiger partial charge in [-0.25, -0.2) is 0 Å². The summed E-state index contributed by atoms with van der Waals surface area (Å²) in [6.45, 7) is -0.195. The fourth-order valence-corrected chi connectivity index (χ4v) is 4.08. The van der Waals surface area contributed by atoms with Gasteiger partial charge in [0.25, 0.3) is 0 Å². The van der Waals surface area contributed by atoms with Crippen LogP contribution < -0.4 is 16.7 Å². The summed E-state index contributed by atoms with van der Waals surface area (Å²) in [5.74, 6) is 0.445. The van der Waals surface area contributed by atoms with Crippen LogP contribution in [-0.4, -0.2) is 60.3 Å². The maximum absolute atomic E-state index is 11.0. The van der Waals surface area contributed by atoms with Gasteiger partial charge < -0.3 is 0 Å². The fourth-order valence-electron chi connectivity index (χ4n) is 1.75. The van der Waals surface area contributed by atoms with Crippen molar-refractivity contribution in [3.8, 4) is 11.5 Å². The first-order valence-electron chi connectivity index (χ1n) is 7.38. The van der Waals surface area contributed by atoms with Gasteiger partial charge in [0, 0.05) is 0 Å². The minimum atomic E-state index is -0.541. The van der Waals surface area contributed by atoms with Crippen LogP contribution in [0.15, 0.2) is 48.5 Å². The van der Waals surface area contributed by atoms with E-state index < -0.39 is 32.9 Å². The Morgan fingerprint density at radius 3 is 1.40 bits per heavy atom. The summed E-state index contributed by atoms with van der Waals surface area (Å²) in [4.78, 5) is 22.1. The van der Waals surface area contributed by atoms with E-state index in [2.05, 4.69) is 9.47 Å². The molecule has 0 bridgehead atoms. The van der Waals surface area contributed by atoms with Gasteiger partial charge in [0.15, 0.2) is 0 Å². The van der Waals surface area contributed by atoms with E-state index in [0.717, 1.165) is 0 Å². The molecule has 1 radical (unpaired) electrons. The Hall–Kier alpha value is -2.23. The number of carbonyl (C=O) groups is 2. The fraction of sp³-hybridized carbons (Fsp3) is 0.222. The molecule has 2 rings (SSSR count). The molecule has 2 aromatic rings. The molecule has 131 valence electrons. The molecule has 2 aromatic carbocycles. The Labute approximate surface area is 156 Å². The Kier molecular flexibility index (Phi) is 7.58. The SMILES string of the molecule is COC(=O)COc1ccc([Te+]c2ccc(OCC(=O)OC)cc2)cc1. The molecule has 0 saturated heterocycles. The summed E-state index contributed by atoms with van der Waals surface area (Å²) in [6.07, 6.45) is 0. The van der Waals surface area contributed by atoms with E-state index in [1.54, 1.807) is 0 Å². The van der Waals surface area contributed by atoms with Crippen molar-refractivity contribution in [1.29, 1.82) is 0 Å². The summed E-state index contributed by atoms with van der Waals surface area (Å²) >= 11 is -0.541. The monoisotopic (exact) mass is 460 g/mol. The van der Waals surface area contributed by atoms with E-state index in [1.807, 2.05) is 48.5 Å². The average molecular weight is 458 g/mol. The first kappa shape index (κ1) is 19.1. The number of methoxy groups -OCH3 is 2. The van der Waals surface area contributed by atoms with Gasteiger partial charge in [-0.3, -0.25) is 0 Å². The second-order valence-electron chi connectivity index (χ2n) is 4.77. The van der Waals surface area contributed by atoms with Crippen LogP contribution in [-0.2, 0) is 19.1 Å². The predicted octanol–water partition coefficient (Wildman–Crippen LogP) is 0.445. The quantitative estimate of drug-likeness (QED) is 0.423. The van der Waals surface area contributed by atoms with Crippen LogP contribution in [0.5, 0.6) is 11.5 Å². The first-order chi connectivity index (χ1) is 12.1. The van der Waals surface area contributed by atoms with E-state index in [0.29, 0.717) is 11.5 Å². The molecule has 0 aliphatic heterocycles. The molecule has 6 nitrogen and oxygen atoms in total. The van der Waals surface area contributed by atoms with Gasteiger partial charge in [0.1, 0.15) is 0 Å². The summed E-state index contributed by atoms with van der Waals surface area (Å²) in [7, 11) is 2.65. The average Bonchev–Trinajstić information content (AvgIpc) is 2.66. The molecule has 0 unspecified atom stereocenters. The van der Waals surface area contributed by atoms with Crippen molar-refractivity contribution in [2.24, 2.45) is 0 Å². The molecule has 0 aliphatic rings. The van der Waals surface area contributed by atoms with Crippen LogP contribution in [0.3, 0.4) is 0 Å². The zero-order valence-corrected chi connectivity index (χ0v) is 16.2. The van der Waals surface area contributed by atoms with Crippen molar-refractivity contribution in [2.75, 3.05) is 27.4 Å². The molecule has 0 fully saturated rings. The van der Waals surface area contributed by atoms with Crippen molar-refractivity contribution in [2.45, 2.75) is 0 Å². The van der Waals surface area contributed by atoms with Crippen LogP contribution >= 0.6 is 0 Å². The molecule has 0 heterocycles. The van der Waals surface area contributed by atoms with Gasteiger partial charge in [-0.05, 0) is 0 Å². The molecule has 0 aliphatic carbocycles. The number of esters is 2. The van der Waals surface area contributed by atoms with Crippen LogP contribution in [0.2, 0.25) is 0 Å². The second kappa shape index (κ2) is 9.92. The number of benzene rings is 2. The summed E-state index contributed by atoms with van der Waals surface area (Å²) in [5, 5.41) is 0. The number of carbonyl (C=O) groups excluding carboxylic acids is 2. The zero-order chi connectivity index (χ0) is 18.1. The minimum absolute atomic E-state index is 0.0976. The molecule has 0 atom stereocenters. The van der Waals surface area contributed by atoms with Crippen molar-refractivity contribution in [3.05, 3.63) is 48.5 Å². The standard InChI is InChI=1S/C18H18O6Te/c1-21-17(19)11-23-13-3-7-15(8-4-13)25-16-9-5-14(6-10-16)24-12-18(20)22-2/h3-10H,11-12H2,1-2H3/q+1. The topological polar surface area (TPSA) is 71.1 Å². The molecule has 0 N–H and O–H groups in total. The first-order valence-corrected chi connectivity index (χ1v) is 9.71. The number of hydrogen-bond donors (Lipinski definition) is 0. The van der Waals surface area contributed by atoms with Crippen LogP contribution in [0, 0.1) is 0 Å². The van der Waals surface area contributed by atoms with Gasteiger partial charge in [0.2, 0.25) is 0 Å². The van der Waals surface area contributed by atoms with Crippen LogP contribution in [0.4, 0.5) is 0 Å². The normalized spacial score (nSPS) is 10.0. The van der Waals surface area contributed by atoms with Gasteiger partial charge in [-0.2, -0.15) is 0 Å². The van der Waals surface area contributed by atoms with Gasteiger partial charge >= 0.3 is 156 Å². The Morgan fingerprint density at radius 1 is 0.720 bits per heavy atom. The van der Waals surface area contributed by atoms with Crippen LogP contribution in [0.25, 0.3) is 0 Å². The van der Waals surface area contributed by atoms with E-state index in [-0.39, 0.29) is 13.2 Å². The summed E-state index contributed by atoms with van der Waals surface area (Å²) < 4.78 is 22.2. The van der Waals surface area contributed by atoms with Crippen molar-refractivity contribution >= 4 is 40.1 Å².